The Morgan fingerprint density at radius 2 is 2.08 bits per heavy atom. The summed E-state index contributed by atoms with van der Waals surface area (Å²) in [6, 6.07) is 0. The molecule has 138 valence electrons. The van der Waals surface area contributed by atoms with Crippen LogP contribution in [0.4, 0.5) is 5.13 Å². The van der Waals surface area contributed by atoms with Crippen molar-refractivity contribution in [1.29, 1.82) is 0 Å². The second-order valence-corrected chi connectivity index (χ2v) is 8.73. The highest BCUT2D eigenvalue weighted by Gasteiger charge is 2.17. The Kier molecular flexibility index (Phi) is 9.73. The highest BCUT2D eigenvalue weighted by atomic mass is 127. The Hall–Kier alpha value is -0.220. The van der Waals surface area contributed by atoms with Gasteiger partial charge >= 0.3 is 0 Å². The molecule has 0 spiro atoms. The number of thiazole rings is 1. The van der Waals surface area contributed by atoms with E-state index in [0.29, 0.717) is 0 Å². The van der Waals surface area contributed by atoms with Crippen LogP contribution >= 0.6 is 47.1 Å². The van der Waals surface area contributed by atoms with E-state index in [9.17, 15) is 0 Å². The molecule has 2 rings (SSSR count). The van der Waals surface area contributed by atoms with Crippen LogP contribution < -0.4 is 15.5 Å². The van der Waals surface area contributed by atoms with Gasteiger partial charge in [-0.15, -0.1) is 35.3 Å². The lowest BCUT2D eigenvalue weighted by molar-refractivity contribution is 0.663. The molecule has 1 aromatic heterocycles. The molecular weight excluding hydrogens is 453 g/mol. The zero-order valence-corrected chi connectivity index (χ0v) is 19.1. The molecule has 24 heavy (non-hydrogen) atoms. The number of nitrogens with one attached hydrogen (secondary N) is 2. The van der Waals surface area contributed by atoms with Crippen molar-refractivity contribution in [2.45, 2.75) is 37.9 Å². The maximum Gasteiger partial charge on any atom is 0.191 e. The Morgan fingerprint density at radius 1 is 1.38 bits per heavy atom. The van der Waals surface area contributed by atoms with Gasteiger partial charge in [0.25, 0.3) is 0 Å². The highest BCUT2D eigenvalue weighted by molar-refractivity contribution is 14.0. The van der Waals surface area contributed by atoms with Gasteiger partial charge in [0.15, 0.2) is 11.1 Å². The molecule has 2 heterocycles. The van der Waals surface area contributed by atoms with Crippen LogP contribution in [0.1, 0.15) is 32.4 Å². The Labute approximate surface area is 171 Å². The lowest BCUT2D eigenvalue weighted by Crippen LogP contribution is -2.43. The van der Waals surface area contributed by atoms with E-state index in [4.69, 9.17) is 4.98 Å². The summed E-state index contributed by atoms with van der Waals surface area (Å²) in [6.45, 7) is 8.52. The third-order valence-electron chi connectivity index (χ3n) is 4.05. The van der Waals surface area contributed by atoms with Crippen molar-refractivity contribution in [3.8, 4) is 0 Å². The summed E-state index contributed by atoms with van der Waals surface area (Å²) in [7, 11) is 1.82. The molecule has 8 heteroatoms. The van der Waals surface area contributed by atoms with Crippen LogP contribution in [-0.4, -0.2) is 55.2 Å². The van der Waals surface area contributed by atoms with Crippen molar-refractivity contribution in [3.63, 3.8) is 0 Å². The molecule has 5 nitrogen and oxygen atoms in total. The van der Waals surface area contributed by atoms with Gasteiger partial charge in [-0.1, -0.05) is 0 Å². The number of nitrogens with zero attached hydrogens (tertiary/aromatic N) is 3. The van der Waals surface area contributed by atoms with Crippen LogP contribution in [0.2, 0.25) is 0 Å². The molecule has 0 unspecified atom stereocenters. The lowest BCUT2D eigenvalue weighted by Gasteiger charge is -2.23. The van der Waals surface area contributed by atoms with Crippen LogP contribution in [-0.2, 0) is 6.42 Å². The fourth-order valence-electron chi connectivity index (χ4n) is 2.36. The van der Waals surface area contributed by atoms with Gasteiger partial charge in [-0.3, -0.25) is 4.99 Å². The molecule has 0 radical (unpaired) electrons. The van der Waals surface area contributed by atoms with Crippen molar-refractivity contribution in [1.82, 2.24) is 15.6 Å². The molecular formula is C16H30IN5S2. The monoisotopic (exact) mass is 483 g/mol. The predicted octanol–water partition coefficient (Wildman–Crippen LogP) is 3.21. The number of thioether (sulfide) groups is 1. The zero-order chi connectivity index (χ0) is 16.7. The van der Waals surface area contributed by atoms with Gasteiger partial charge in [-0.25, -0.2) is 4.98 Å². The van der Waals surface area contributed by atoms with E-state index < -0.39 is 0 Å². The summed E-state index contributed by atoms with van der Waals surface area (Å²) in [6.07, 6.45) is 5.66. The summed E-state index contributed by atoms with van der Waals surface area (Å²) in [5.74, 6) is 0.863. The molecule has 0 aliphatic carbocycles. The molecule has 0 bridgehead atoms. The molecule has 0 amide bonds. The summed E-state index contributed by atoms with van der Waals surface area (Å²) >= 11 is 3.62. The predicted molar refractivity (Wildman–Crippen MR) is 120 cm³/mol. The third-order valence-corrected chi connectivity index (χ3v) is 6.25. The molecule has 1 saturated heterocycles. The maximum atomic E-state index is 4.75. The quantitative estimate of drug-likeness (QED) is 0.355. The van der Waals surface area contributed by atoms with E-state index in [1.165, 1.54) is 23.7 Å². The number of rotatable bonds is 7. The number of hydrogen-bond acceptors (Lipinski definition) is 5. The highest BCUT2D eigenvalue weighted by Crippen LogP contribution is 2.24. The van der Waals surface area contributed by atoms with Crippen molar-refractivity contribution in [3.05, 3.63) is 11.1 Å². The topological polar surface area (TPSA) is 52.6 Å². The number of aliphatic imine (C=N–C) groups is 1. The van der Waals surface area contributed by atoms with Gasteiger partial charge in [0, 0.05) is 49.8 Å². The molecule has 1 fully saturated rings. The molecule has 1 aliphatic rings. The minimum absolute atomic E-state index is 0. The Balaban J connectivity index is 0.00000288. The normalized spacial score (nSPS) is 15.3. The van der Waals surface area contributed by atoms with Crippen molar-refractivity contribution in [2.75, 3.05) is 44.4 Å². The largest absolute Gasteiger partial charge is 0.356 e. The first-order valence-electron chi connectivity index (χ1n) is 8.23. The van der Waals surface area contributed by atoms with Crippen molar-refractivity contribution in [2.24, 2.45) is 4.99 Å². The minimum Gasteiger partial charge on any atom is -0.356 e. The van der Waals surface area contributed by atoms with Gasteiger partial charge < -0.3 is 15.5 Å². The number of guanidine groups is 1. The van der Waals surface area contributed by atoms with Crippen LogP contribution in [0.3, 0.4) is 0 Å². The number of halogens is 1. The summed E-state index contributed by atoms with van der Waals surface area (Å²) in [5.41, 5.74) is 1.17. The van der Waals surface area contributed by atoms with Crippen molar-refractivity contribution < 1.29 is 0 Å². The molecule has 0 aromatic carbocycles. The van der Waals surface area contributed by atoms with Crippen LogP contribution in [0, 0.1) is 0 Å². The summed E-state index contributed by atoms with van der Waals surface area (Å²) < 4.78 is 0.206. The Bertz CT molecular complexity index is 512. The fourth-order valence-corrected chi connectivity index (χ4v) is 3.49. The summed E-state index contributed by atoms with van der Waals surface area (Å²) in [4.78, 5) is 11.4. The van der Waals surface area contributed by atoms with Gasteiger partial charge in [-0.2, -0.15) is 11.8 Å². The molecule has 1 aliphatic heterocycles. The van der Waals surface area contributed by atoms with E-state index in [-0.39, 0.29) is 28.7 Å². The minimum atomic E-state index is 0. The second kappa shape index (κ2) is 10.7. The molecule has 1 aromatic rings. The first kappa shape index (κ1) is 21.8. The van der Waals surface area contributed by atoms with Crippen LogP contribution in [0.25, 0.3) is 0 Å². The smallest absolute Gasteiger partial charge is 0.191 e. The lowest BCUT2D eigenvalue weighted by atomic mass is 10.2. The average Bonchev–Trinajstić information content (AvgIpc) is 3.21. The van der Waals surface area contributed by atoms with E-state index in [1.54, 1.807) is 11.3 Å². The zero-order valence-electron chi connectivity index (χ0n) is 15.1. The van der Waals surface area contributed by atoms with Gasteiger partial charge in [-0.05, 0) is 32.9 Å². The standard InChI is InChI=1S/C16H29N5S2.HI/c1-16(2,22-4)12-19-14(17-3)18-8-7-13-11-23-15(20-13)21-9-5-6-10-21;/h11H,5-10,12H2,1-4H3,(H2,17,18,19);1H. The second-order valence-electron chi connectivity index (χ2n) is 6.38. The number of hydrogen-bond donors (Lipinski definition) is 2. The van der Waals surface area contributed by atoms with E-state index >= 15 is 0 Å². The van der Waals surface area contributed by atoms with Gasteiger partial charge in [0.1, 0.15) is 0 Å². The fraction of sp³-hybridized carbons (Fsp3) is 0.750. The van der Waals surface area contributed by atoms with E-state index in [2.05, 4.69) is 46.0 Å². The van der Waals surface area contributed by atoms with Crippen LogP contribution in [0.5, 0.6) is 0 Å². The van der Waals surface area contributed by atoms with Crippen LogP contribution in [0.15, 0.2) is 10.4 Å². The van der Waals surface area contributed by atoms with Gasteiger partial charge in [0.05, 0.1) is 5.69 Å². The third kappa shape index (κ3) is 6.95. The first-order chi connectivity index (χ1) is 11.0. The summed E-state index contributed by atoms with van der Waals surface area (Å²) in [5, 5.41) is 10.1. The molecule has 0 atom stereocenters. The molecule has 2 N–H and O–H groups in total. The van der Waals surface area contributed by atoms with Crippen molar-refractivity contribution >= 4 is 58.2 Å². The molecule has 0 saturated carbocycles. The Morgan fingerprint density at radius 3 is 2.71 bits per heavy atom. The van der Waals surface area contributed by atoms with E-state index in [0.717, 1.165) is 38.6 Å². The average molecular weight is 483 g/mol. The number of anilines is 1. The van der Waals surface area contributed by atoms with Gasteiger partial charge in [0.2, 0.25) is 0 Å². The maximum absolute atomic E-state index is 4.75. The SMILES string of the molecule is CN=C(NCCc1csc(N2CCCC2)n1)NCC(C)(C)SC.I. The van der Waals surface area contributed by atoms with E-state index in [1.807, 2.05) is 18.8 Å². The number of aromatic nitrogens is 1. The first-order valence-corrected chi connectivity index (χ1v) is 10.3.